The van der Waals surface area contributed by atoms with E-state index in [1.165, 1.54) is 5.56 Å². The lowest BCUT2D eigenvalue weighted by molar-refractivity contribution is 0.651. The van der Waals surface area contributed by atoms with Crippen molar-refractivity contribution in [3.05, 3.63) is 59.8 Å². The Labute approximate surface area is 101 Å². The Bertz CT molecular complexity index is 468. The molecule has 4 N–H and O–H groups in total. The zero-order valence-electron chi connectivity index (χ0n) is 9.71. The van der Waals surface area contributed by atoms with Gasteiger partial charge in [0.25, 0.3) is 0 Å². The summed E-state index contributed by atoms with van der Waals surface area (Å²) in [4.78, 5) is 4.05. The Morgan fingerprint density at radius 1 is 1.06 bits per heavy atom. The van der Waals surface area contributed by atoms with Gasteiger partial charge in [-0.1, -0.05) is 36.4 Å². The monoisotopic (exact) mass is 227 g/mol. The maximum Gasteiger partial charge on any atom is 0.128 e. The van der Waals surface area contributed by atoms with Gasteiger partial charge in [0.05, 0.1) is 0 Å². The second-order valence-corrected chi connectivity index (χ2v) is 4.11. The highest BCUT2D eigenvalue weighted by Gasteiger charge is 2.09. The van der Waals surface area contributed by atoms with Gasteiger partial charge in [0.15, 0.2) is 0 Å². The van der Waals surface area contributed by atoms with Crippen molar-refractivity contribution >= 4 is 5.82 Å². The van der Waals surface area contributed by atoms with Crippen LogP contribution in [-0.4, -0.2) is 4.98 Å². The van der Waals surface area contributed by atoms with Crippen LogP contribution in [0.4, 0.5) is 5.82 Å². The third-order valence-corrected chi connectivity index (χ3v) is 2.86. The number of nitrogens with zero attached hydrogens (tertiary/aromatic N) is 1. The quantitative estimate of drug-likeness (QED) is 0.842. The molecule has 1 heterocycles. The van der Waals surface area contributed by atoms with Crippen LogP contribution in [0.5, 0.6) is 0 Å². The van der Waals surface area contributed by atoms with E-state index >= 15 is 0 Å². The highest BCUT2D eigenvalue weighted by Crippen LogP contribution is 2.20. The molecule has 3 nitrogen and oxygen atoms in total. The summed E-state index contributed by atoms with van der Waals surface area (Å²) >= 11 is 0. The number of nitrogens with two attached hydrogens (primary N) is 2. The molecule has 0 aliphatic rings. The maximum absolute atomic E-state index is 6.12. The third kappa shape index (κ3) is 3.04. The van der Waals surface area contributed by atoms with E-state index in [4.69, 9.17) is 11.5 Å². The van der Waals surface area contributed by atoms with E-state index in [-0.39, 0.29) is 6.04 Å². The third-order valence-electron chi connectivity index (χ3n) is 2.86. The number of hydrogen-bond donors (Lipinski definition) is 2. The lowest BCUT2D eigenvalue weighted by Crippen LogP contribution is -2.14. The topological polar surface area (TPSA) is 64.9 Å². The molecule has 0 aliphatic heterocycles. The van der Waals surface area contributed by atoms with Gasteiger partial charge >= 0.3 is 0 Å². The predicted molar refractivity (Wildman–Crippen MR) is 70.3 cm³/mol. The summed E-state index contributed by atoms with van der Waals surface area (Å²) in [5.74, 6) is 0.535. The fourth-order valence-electron chi connectivity index (χ4n) is 1.87. The number of benzene rings is 1. The first-order chi connectivity index (χ1) is 8.27. The Morgan fingerprint density at radius 3 is 2.53 bits per heavy atom. The van der Waals surface area contributed by atoms with Crippen molar-refractivity contribution < 1.29 is 0 Å². The van der Waals surface area contributed by atoms with Crippen LogP contribution in [0, 0.1) is 0 Å². The summed E-state index contributed by atoms with van der Waals surface area (Å²) in [5.41, 5.74) is 14.2. The van der Waals surface area contributed by atoms with Crippen LogP contribution in [0.25, 0.3) is 0 Å². The van der Waals surface area contributed by atoms with Crippen molar-refractivity contribution in [2.45, 2.75) is 18.9 Å². The molecule has 0 aliphatic carbocycles. The Morgan fingerprint density at radius 2 is 1.82 bits per heavy atom. The zero-order valence-corrected chi connectivity index (χ0v) is 9.71. The number of hydrogen-bond acceptors (Lipinski definition) is 3. The average molecular weight is 227 g/mol. The molecule has 3 heteroatoms. The SMILES string of the molecule is Nc1ncccc1C(N)CCc1ccccc1. The molecule has 2 rings (SSSR count). The molecule has 1 atom stereocenters. The van der Waals surface area contributed by atoms with Crippen LogP contribution < -0.4 is 11.5 Å². The first-order valence-corrected chi connectivity index (χ1v) is 5.77. The van der Waals surface area contributed by atoms with E-state index in [0.29, 0.717) is 5.82 Å². The minimum Gasteiger partial charge on any atom is -0.383 e. The van der Waals surface area contributed by atoms with Crippen LogP contribution in [0.1, 0.15) is 23.6 Å². The lowest BCUT2D eigenvalue weighted by Gasteiger charge is -2.13. The van der Waals surface area contributed by atoms with Crippen molar-refractivity contribution in [1.29, 1.82) is 0 Å². The molecule has 0 fully saturated rings. The van der Waals surface area contributed by atoms with Gasteiger partial charge in [0.1, 0.15) is 5.82 Å². The molecular weight excluding hydrogens is 210 g/mol. The molecule has 17 heavy (non-hydrogen) atoms. The van der Waals surface area contributed by atoms with Crippen LogP contribution in [-0.2, 0) is 6.42 Å². The van der Waals surface area contributed by atoms with E-state index < -0.39 is 0 Å². The number of rotatable bonds is 4. The van der Waals surface area contributed by atoms with Gasteiger partial charge in [-0.05, 0) is 24.5 Å². The fraction of sp³-hybridized carbons (Fsp3) is 0.214. The number of anilines is 1. The number of nitrogen functional groups attached to an aromatic ring is 1. The summed E-state index contributed by atoms with van der Waals surface area (Å²) in [5, 5.41) is 0. The largest absolute Gasteiger partial charge is 0.383 e. The molecular formula is C14H17N3. The van der Waals surface area contributed by atoms with Crippen LogP contribution in [0.3, 0.4) is 0 Å². The molecule has 0 amide bonds. The fourth-order valence-corrected chi connectivity index (χ4v) is 1.87. The van der Waals surface area contributed by atoms with Crippen LogP contribution in [0.2, 0.25) is 0 Å². The maximum atomic E-state index is 6.12. The molecule has 0 saturated carbocycles. The molecule has 88 valence electrons. The second-order valence-electron chi connectivity index (χ2n) is 4.11. The van der Waals surface area contributed by atoms with Gasteiger partial charge in [-0.15, -0.1) is 0 Å². The van der Waals surface area contributed by atoms with Crippen molar-refractivity contribution in [3.8, 4) is 0 Å². The summed E-state index contributed by atoms with van der Waals surface area (Å²) in [6.07, 6.45) is 3.51. The van der Waals surface area contributed by atoms with Gasteiger partial charge in [-0.25, -0.2) is 4.98 Å². The van der Waals surface area contributed by atoms with Crippen molar-refractivity contribution in [2.75, 3.05) is 5.73 Å². The van der Waals surface area contributed by atoms with Gasteiger partial charge < -0.3 is 11.5 Å². The van der Waals surface area contributed by atoms with Crippen molar-refractivity contribution in [1.82, 2.24) is 4.98 Å². The summed E-state index contributed by atoms with van der Waals surface area (Å²) in [6.45, 7) is 0. The second kappa shape index (κ2) is 5.46. The molecule has 0 bridgehead atoms. The number of pyridine rings is 1. The van der Waals surface area contributed by atoms with E-state index in [1.807, 2.05) is 30.3 Å². The Hall–Kier alpha value is -1.87. The minimum absolute atomic E-state index is 0.0519. The van der Waals surface area contributed by atoms with E-state index in [0.717, 1.165) is 18.4 Å². The first kappa shape index (κ1) is 11.6. The molecule has 0 radical (unpaired) electrons. The summed E-state index contributed by atoms with van der Waals surface area (Å²) in [7, 11) is 0. The van der Waals surface area contributed by atoms with Gasteiger partial charge in [0.2, 0.25) is 0 Å². The molecule has 0 saturated heterocycles. The molecule has 1 aromatic carbocycles. The molecule has 2 aromatic rings. The van der Waals surface area contributed by atoms with Gasteiger partial charge in [-0.2, -0.15) is 0 Å². The predicted octanol–water partition coefficient (Wildman–Crippen LogP) is 2.30. The van der Waals surface area contributed by atoms with E-state index in [1.54, 1.807) is 6.20 Å². The summed E-state index contributed by atoms with van der Waals surface area (Å²) in [6, 6.07) is 14.1. The number of aryl methyl sites for hydroxylation is 1. The van der Waals surface area contributed by atoms with Crippen molar-refractivity contribution in [2.24, 2.45) is 5.73 Å². The molecule has 1 aromatic heterocycles. The highest BCUT2D eigenvalue weighted by atomic mass is 14.8. The zero-order chi connectivity index (χ0) is 12.1. The van der Waals surface area contributed by atoms with Gasteiger partial charge in [0, 0.05) is 17.8 Å². The normalized spacial score (nSPS) is 12.3. The van der Waals surface area contributed by atoms with Crippen LogP contribution >= 0.6 is 0 Å². The standard InChI is InChI=1S/C14H17N3/c15-13(12-7-4-10-17-14(12)16)9-8-11-5-2-1-3-6-11/h1-7,10,13H,8-9,15H2,(H2,16,17). The Kier molecular flexibility index (Phi) is 3.73. The van der Waals surface area contributed by atoms with Crippen molar-refractivity contribution in [3.63, 3.8) is 0 Å². The smallest absolute Gasteiger partial charge is 0.128 e. The number of aromatic nitrogens is 1. The average Bonchev–Trinajstić information content (AvgIpc) is 2.38. The Balaban J connectivity index is 1.99. The van der Waals surface area contributed by atoms with Crippen LogP contribution in [0.15, 0.2) is 48.7 Å². The van der Waals surface area contributed by atoms with Gasteiger partial charge in [-0.3, -0.25) is 0 Å². The first-order valence-electron chi connectivity index (χ1n) is 5.77. The van der Waals surface area contributed by atoms with E-state index in [9.17, 15) is 0 Å². The summed E-state index contributed by atoms with van der Waals surface area (Å²) < 4.78 is 0. The highest BCUT2D eigenvalue weighted by molar-refractivity contribution is 5.40. The molecule has 1 unspecified atom stereocenters. The molecule has 0 spiro atoms. The lowest BCUT2D eigenvalue weighted by atomic mass is 10.0. The minimum atomic E-state index is -0.0519. The van der Waals surface area contributed by atoms with E-state index in [2.05, 4.69) is 17.1 Å².